The van der Waals surface area contributed by atoms with Crippen LogP contribution in [0.3, 0.4) is 0 Å². The largest absolute Gasteiger partial charge is 0.377 e. The van der Waals surface area contributed by atoms with Crippen molar-refractivity contribution in [2.24, 2.45) is 0 Å². The van der Waals surface area contributed by atoms with Gasteiger partial charge in [0, 0.05) is 30.5 Å². The summed E-state index contributed by atoms with van der Waals surface area (Å²) in [5, 5.41) is 3.67. The molecule has 0 bridgehead atoms. The summed E-state index contributed by atoms with van der Waals surface area (Å²) in [4.78, 5) is 4.51. The standard InChI is InChI=1S/C16H26N2O/c1-3-10-18-16(15-9-5-7-12-19-15)13(2)14-8-4-6-11-17-14/h4,6,8,11,13,15-16,18H,3,5,7,9-10,12H2,1-2H3. The number of rotatable bonds is 6. The van der Waals surface area contributed by atoms with E-state index >= 15 is 0 Å². The van der Waals surface area contributed by atoms with Crippen molar-refractivity contribution in [2.75, 3.05) is 13.2 Å². The van der Waals surface area contributed by atoms with Gasteiger partial charge in [-0.3, -0.25) is 4.98 Å². The molecule has 0 amide bonds. The van der Waals surface area contributed by atoms with Gasteiger partial charge in [0.2, 0.25) is 0 Å². The molecule has 1 aliphatic rings. The Balaban J connectivity index is 2.07. The predicted molar refractivity (Wildman–Crippen MR) is 78.3 cm³/mol. The maximum absolute atomic E-state index is 5.99. The molecule has 0 saturated carbocycles. The van der Waals surface area contributed by atoms with E-state index in [9.17, 15) is 0 Å². The number of pyridine rings is 1. The third-order valence-electron chi connectivity index (χ3n) is 3.94. The van der Waals surface area contributed by atoms with Crippen LogP contribution in [0.1, 0.15) is 51.1 Å². The maximum atomic E-state index is 5.99. The topological polar surface area (TPSA) is 34.1 Å². The molecule has 3 atom stereocenters. The molecule has 0 aliphatic carbocycles. The fourth-order valence-electron chi connectivity index (χ4n) is 2.82. The first kappa shape index (κ1) is 14.5. The van der Waals surface area contributed by atoms with Crippen molar-refractivity contribution in [3.8, 4) is 0 Å². The molecule has 1 saturated heterocycles. The van der Waals surface area contributed by atoms with Gasteiger partial charge in [-0.05, 0) is 44.4 Å². The highest BCUT2D eigenvalue weighted by molar-refractivity contribution is 5.12. The van der Waals surface area contributed by atoms with Crippen LogP contribution in [0.5, 0.6) is 0 Å². The van der Waals surface area contributed by atoms with E-state index in [1.807, 2.05) is 12.3 Å². The van der Waals surface area contributed by atoms with Gasteiger partial charge in [0.15, 0.2) is 0 Å². The second kappa shape index (κ2) is 7.61. The molecule has 2 heterocycles. The molecule has 1 aromatic rings. The van der Waals surface area contributed by atoms with E-state index in [-0.39, 0.29) is 0 Å². The monoisotopic (exact) mass is 262 g/mol. The number of hydrogen-bond acceptors (Lipinski definition) is 3. The van der Waals surface area contributed by atoms with Crippen LogP contribution >= 0.6 is 0 Å². The van der Waals surface area contributed by atoms with Gasteiger partial charge in [-0.2, -0.15) is 0 Å². The van der Waals surface area contributed by atoms with Gasteiger partial charge in [0.1, 0.15) is 0 Å². The molecule has 1 aromatic heterocycles. The Hall–Kier alpha value is -0.930. The normalized spacial score (nSPS) is 22.9. The average molecular weight is 262 g/mol. The van der Waals surface area contributed by atoms with E-state index in [4.69, 9.17) is 4.74 Å². The molecule has 3 heteroatoms. The lowest BCUT2D eigenvalue weighted by atomic mass is 9.89. The number of nitrogens with zero attached hydrogens (tertiary/aromatic N) is 1. The lowest BCUT2D eigenvalue weighted by Crippen LogP contribution is -2.46. The van der Waals surface area contributed by atoms with Crippen molar-refractivity contribution in [1.29, 1.82) is 0 Å². The zero-order valence-electron chi connectivity index (χ0n) is 12.1. The second-order valence-corrected chi connectivity index (χ2v) is 5.43. The van der Waals surface area contributed by atoms with Gasteiger partial charge in [0.25, 0.3) is 0 Å². The fourth-order valence-corrected chi connectivity index (χ4v) is 2.82. The Labute approximate surface area is 116 Å². The summed E-state index contributed by atoms with van der Waals surface area (Å²) >= 11 is 0. The van der Waals surface area contributed by atoms with Gasteiger partial charge in [-0.1, -0.05) is 19.9 Å². The molecule has 0 radical (unpaired) electrons. The molecule has 106 valence electrons. The molecule has 1 aliphatic heterocycles. The van der Waals surface area contributed by atoms with Gasteiger partial charge in [-0.25, -0.2) is 0 Å². The lowest BCUT2D eigenvalue weighted by Gasteiger charge is -2.35. The van der Waals surface area contributed by atoms with Gasteiger partial charge in [-0.15, -0.1) is 0 Å². The van der Waals surface area contributed by atoms with Crippen molar-refractivity contribution in [3.63, 3.8) is 0 Å². The van der Waals surface area contributed by atoms with Gasteiger partial charge < -0.3 is 10.1 Å². The van der Waals surface area contributed by atoms with Crippen LogP contribution in [-0.4, -0.2) is 30.3 Å². The van der Waals surface area contributed by atoms with E-state index in [0.29, 0.717) is 18.1 Å². The van der Waals surface area contributed by atoms with E-state index in [1.165, 1.54) is 19.3 Å². The summed E-state index contributed by atoms with van der Waals surface area (Å²) < 4.78 is 5.99. The highest BCUT2D eigenvalue weighted by Gasteiger charge is 2.29. The third kappa shape index (κ3) is 4.02. The quantitative estimate of drug-likeness (QED) is 0.855. The molecular weight excluding hydrogens is 236 g/mol. The predicted octanol–water partition coefficient (Wildman–Crippen LogP) is 3.12. The van der Waals surface area contributed by atoms with Crippen molar-refractivity contribution >= 4 is 0 Å². The van der Waals surface area contributed by atoms with Crippen molar-refractivity contribution in [2.45, 2.75) is 57.6 Å². The minimum Gasteiger partial charge on any atom is -0.377 e. The summed E-state index contributed by atoms with van der Waals surface area (Å²) in [6, 6.07) is 6.53. The Morgan fingerprint density at radius 2 is 2.32 bits per heavy atom. The zero-order valence-corrected chi connectivity index (χ0v) is 12.1. The number of aromatic nitrogens is 1. The van der Waals surface area contributed by atoms with Gasteiger partial charge in [0.05, 0.1) is 6.10 Å². The Kier molecular flexibility index (Phi) is 5.80. The number of ether oxygens (including phenoxy) is 1. The molecular formula is C16H26N2O. The molecule has 1 N–H and O–H groups in total. The first-order valence-corrected chi connectivity index (χ1v) is 7.59. The van der Waals surface area contributed by atoms with Crippen LogP contribution in [0.2, 0.25) is 0 Å². The van der Waals surface area contributed by atoms with Crippen LogP contribution in [-0.2, 0) is 4.74 Å². The summed E-state index contributed by atoms with van der Waals surface area (Å²) in [5.74, 6) is 0.385. The maximum Gasteiger partial charge on any atom is 0.0734 e. The highest BCUT2D eigenvalue weighted by Crippen LogP contribution is 2.26. The van der Waals surface area contributed by atoms with Crippen LogP contribution in [0.25, 0.3) is 0 Å². The number of nitrogens with one attached hydrogen (secondary N) is 1. The first-order valence-electron chi connectivity index (χ1n) is 7.59. The van der Waals surface area contributed by atoms with E-state index in [0.717, 1.165) is 25.3 Å². The van der Waals surface area contributed by atoms with Crippen LogP contribution in [0, 0.1) is 0 Å². The Morgan fingerprint density at radius 3 is 2.95 bits per heavy atom. The summed E-state index contributed by atoms with van der Waals surface area (Å²) in [6.07, 6.45) is 7.01. The lowest BCUT2D eigenvalue weighted by molar-refractivity contribution is -0.0126. The van der Waals surface area contributed by atoms with Crippen LogP contribution < -0.4 is 5.32 Å². The Bertz CT molecular complexity index is 349. The summed E-state index contributed by atoms with van der Waals surface area (Å²) in [7, 11) is 0. The smallest absolute Gasteiger partial charge is 0.0734 e. The SMILES string of the molecule is CCCNC(C1CCCCO1)C(C)c1ccccn1. The highest BCUT2D eigenvalue weighted by atomic mass is 16.5. The molecule has 0 spiro atoms. The van der Waals surface area contributed by atoms with E-state index in [2.05, 4.69) is 36.3 Å². The fraction of sp³-hybridized carbons (Fsp3) is 0.688. The summed E-state index contributed by atoms with van der Waals surface area (Å²) in [6.45, 7) is 6.41. The minimum atomic E-state index is 0.331. The summed E-state index contributed by atoms with van der Waals surface area (Å²) in [5.41, 5.74) is 1.16. The minimum absolute atomic E-state index is 0.331. The van der Waals surface area contributed by atoms with Crippen LogP contribution in [0.4, 0.5) is 0 Å². The number of hydrogen-bond donors (Lipinski definition) is 1. The molecule has 2 rings (SSSR count). The molecule has 1 fully saturated rings. The second-order valence-electron chi connectivity index (χ2n) is 5.43. The van der Waals surface area contributed by atoms with Crippen molar-refractivity contribution in [3.05, 3.63) is 30.1 Å². The zero-order chi connectivity index (χ0) is 13.5. The van der Waals surface area contributed by atoms with E-state index in [1.54, 1.807) is 0 Å². The molecule has 19 heavy (non-hydrogen) atoms. The van der Waals surface area contributed by atoms with E-state index < -0.39 is 0 Å². The first-order chi connectivity index (χ1) is 9.33. The van der Waals surface area contributed by atoms with Crippen LogP contribution in [0.15, 0.2) is 24.4 Å². The van der Waals surface area contributed by atoms with Crippen molar-refractivity contribution in [1.82, 2.24) is 10.3 Å². The third-order valence-corrected chi connectivity index (χ3v) is 3.94. The average Bonchev–Trinajstić information content (AvgIpc) is 2.49. The van der Waals surface area contributed by atoms with Gasteiger partial charge >= 0.3 is 0 Å². The molecule has 3 nitrogen and oxygen atoms in total. The molecule has 0 aromatic carbocycles. The van der Waals surface area contributed by atoms with Crippen molar-refractivity contribution < 1.29 is 4.74 Å². The molecule has 3 unspecified atom stereocenters. The Morgan fingerprint density at radius 1 is 1.42 bits per heavy atom.